The highest BCUT2D eigenvalue weighted by Gasteiger charge is 2.30. The molecule has 0 rings (SSSR count). The van der Waals surface area contributed by atoms with Gasteiger partial charge in [-0.25, -0.2) is 9.13 Å². The second-order valence-electron chi connectivity index (χ2n) is 27.6. The molecule has 0 aliphatic heterocycles. The summed E-state index contributed by atoms with van der Waals surface area (Å²) >= 11 is 0. The van der Waals surface area contributed by atoms with Crippen molar-refractivity contribution in [3.63, 3.8) is 0 Å². The number of phosphoric acid groups is 2. The van der Waals surface area contributed by atoms with Gasteiger partial charge in [-0.2, -0.15) is 0 Å². The molecule has 0 spiro atoms. The molecule has 0 heterocycles. The van der Waals surface area contributed by atoms with Crippen molar-refractivity contribution in [3.8, 4) is 0 Å². The molecule has 17 nitrogen and oxygen atoms in total. The maximum absolute atomic E-state index is 13.0. The largest absolute Gasteiger partial charge is 0.472 e. The summed E-state index contributed by atoms with van der Waals surface area (Å²) in [6.45, 7) is 14.1. The molecule has 0 aliphatic rings. The normalized spacial score (nSPS) is 14.5. The highest BCUT2D eigenvalue weighted by molar-refractivity contribution is 7.47. The molecule has 6 atom stereocenters. The average Bonchev–Trinajstić information content (AvgIpc) is 3.46. The predicted molar refractivity (Wildman–Crippen MR) is 367 cm³/mol. The topological polar surface area (TPSA) is 237 Å². The van der Waals surface area contributed by atoms with Crippen LogP contribution in [0.5, 0.6) is 0 Å². The Morgan fingerprint density at radius 3 is 0.780 bits per heavy atom. The molecule has 0 radical (unpaired) electrons. The zero-order valence-electron chi connectivity index (χ0n) is 59.5. The van der Waals surface area contributed by atoms with Gasteiger partial charge in [0.15, 0.2) is 12.2 Å². The lowest BCUT2D eigenvalue weighted by Crippen LogP contribution is -2.30. The first kappa shape index (κ1) is 89.1. The van der Waals surface area contributed by atoms with E-state index in [-0.39, 0.29) is 25.7 Å². The molecule has 0 aromatic heterocycles. The molecule has 3 N–H and O–H groups in total. The van der Waals surface area contributed by atoms with Gasteiger partial charge in [0.05, 0.1) is 26.4 Å². The molecular weight excluding hydrogens is 1200 g/mol. The van der Waals surface area contributed by atoms with Crippen molar-refractivity contribution in [3.05, 3.63) is 0 Å². The van der Waals surface area contributed by atoms with E-state index < -0.39 is 97.5 Å². The molecule has 0 aliphatic carbocycles. The van der Waals surface area contributed by atoms with Crippen LogP contribution >= 0.6 is 15.6 Å². The smallest absolute Gasteiger partial charge is 0.462 e. The second kappa shape index (κ2) is 61.6. The molecule has 0 aromatic carbocycles. The van der Waals surface area contributed by atoms with Crippen molar-refractivity contribution in [1.29, 1.82) is 0 Å². The number of unbranched alkanes of at least 4 members (excludes halogenated alkanes) is 34. The van der Waals surface area contributed by atoms with E-state index in [4.69, 9.17) is 37.0 Å². The lowest BCUT2D eigenvalue weighted by molar-refractivity contribution is -0.161. The van der Waals surface area contributed by atoms with E-state index in [1.807, 2.05) is 0 Å². The Morgan fingerprint density at radius 2 is 0.527 bits per heavy atom. The second-order valence-corrected chi connectivity index (χ2v) is 30.6. The van der Waals surface area contributed by atoms with Crippen LogP contribution in [0.4, 0.5) is 0 Å². The maximum Gasteiger partial charge on any atom is 0.472 e. The average molecular weight is 1340 g/mol. The minimum atomic E-state index is -4.95. The molecule has 0 saturated carbocycles. The van der Waals surface area contributed by atoms with Crippen molar-refractivity contribution < 1.29 is 80.2 Å². The minimum absolute atomic E-state index is 0.105. The van der Waals surface area contributed by atoms with Crippen molar-refractivity contribution in [1.82, 2.24) is 0 Å². The van der Waals surface area contributed by atoms with Gasteiger partial charge in [-0.1, -0.05) is 306 Å². The number of hydrogen-bond acceptors (Lipinski definition) is 15. The van der Waals surface area contributed by atoms with Crippen LogP contribution in [-0.2, 0) is 65.4 Å². The Morgan fingerprint density at radius 1 is 0.308 bits per heavy atom. The van der Waals surface area contributed by atoms with Gasteiger partial charge in [0.2, 0.25) is 0 Å². The molecule has 0 fully saturated rings. The molecule has 91 heavy (non-hydrogen) atoms. The van der Waals surface area contributed by atoms with Crippen molar-refractivity contribution in [2.24, 2.45) is 23.7 Å². The van der Waals surface area contributed by atoms with Crippen LogP contribution in [0, 0.1) is 23.7 Å². The van der Waals surface area contributed by atoms with E-state index in [0.717, 1.165) is 120 Å². The number of aliphatic hydroxyl groups is 1. The zero-order valence-corrected chi connectivity index (χ0v) is 61.3. The summed E-state index contributed by atoms with van der Waals surface area (Å²) < 4.78 is 68.3. The third-order valence-corrected chi connectivity index (χ3v) is 18.8. The predicted octanol–water partition coefficient (Wildman–Crippen LogP) is 20.5. The van der Waals surface area contributed by atoms with Crippen LogP contribution in [-0.4, -0.2) is 96.7 Å². The van der Waals surface area contributed by atoms with Gasteiger partial charge in [0.25, 0.3) is 0 Å². The number of carbonyl (C=O) groups is 4. The summed E-state index contributed by atoms with van der Waals surface area (Å²) in [6, 6.07) is 0. The monoisotopic (exact) mass is 1340 g/mol. The van der Waals surface area contributed by atoms with Crippen LogP contribution in [0.1, 0.15) is 357 Å². The molecule has 19 heteroatoms. The molecule has 0 amide bonds. The summed E-state index contributed by atoms with van der Waals surface area (Å²) in [6.07, 6.45) is 44.6. The number of aliphatic hydroxyl groups excluding tert-OH is 1. The summed E-state index contributed by atoms with van der Waals surface area (Å²) in [5.74, 6) is 0.849. The first-order chi connectivity index (χ1) is 43.6. The molecule has 540 valence electrons. The van der Waals surface area contributed by atoms with Gasteiger partial charge in [-0.3, -0.25) is 37.3 Å². The van der Waals surface area contributed by atoms with Gasteiger partial charge < -0.3 is 33.8 Å². The Hall–Kier alpha value is -1.94. The molecular formula is C72H140O17P2. The van der Waals surface area contributed by atoms with Crippen LogP contribution in [0.2, 0.25) is 0 Å². The van der Waals surface area contributed by atoms with Crippen LogP contribution < -0.4 is 0 Å². The first-order valence-electron chi connectivity index (χ1n) is 37.2. The number of carbonyl (C=O) groups excluding carboxylic acids is 4. The third-order valence-electron chi connectivity index (χ3n) is 16.9. The Kier molecular flexibility index (Phi) is 60.3. The fourth-order valence-electron chi connectivity index (χ4n) is 10.8. The number of esters is 4. The van der Waals surface area contributed by atoms with E-state index in [1.165, 1.54) is 148 Å². The van der Waals surface area contributed by atoms with Crippen molar-refractivity contribution in [2.45, 2.75) is 375 Å². The Balaban J connectivity index is 5.21. The minimum Gasteiger partial charge on any atom is -0.462 e. The summed E-state index contributed by atoms with van der Waals surface area (Å²) in [5.41, 5.74) is 0. The number of hydrogen-bond donors (Lipinski definition) is 3. The standard InChI is InChI=1S/C72H140O17P2/c1-9-65(8)51-43-35-29-31-37-45-53-70(75)83-59-68(89-72(77)55-47-39-27-23-19-15-17-21-25-33-41-49-63(4)5)61-87-91(80,81)85-57-66(73)56-84-90(78,79)86-60-67(58-82-69(74)52-44-36-30-28-34-42-50-64(6)7)88-71(76)54-46-38-26-22-18-14-12-10-11-13-16-20-24-32-40-48-62(2)3/h62-68,73H,9-61H2,1-8H3,(H,78,79)(H,80,81)/t65?,66?,67-,68-/m1/s1. The van der Waals surface area contributed by atoms with E-state index in [9.17, 15) is 43.2 Å². The maximum atomic E-state index is 13.0. The highest BCUT2D eigenvalue weighted by atomic mass is 31.2. The quantitative estimate of drug-likeness (QED) is 0.0222. The number of ether oxygens (including phenoxy) is 4. The van der Waals surface area contributed by atoms with Crippen molar-refractivity contribution in [2.75, 3.05) is 39.6 Å². The third kappa shape index (κ3) is 65.1. The number of phosphoric ester groups is 2. The van der Waals surface area contributed by atoms with Gasteiger partial charge in [0.1, 0.15) is 19.3 Å². The van der Waals surface area contributed by atoms with E-state index in [2.05, 4.69) is 55.4 Å². The van der Waals surface area contributed by atoms with Gasteiger partial charge >= 0.3 is 39.5 Å². The van der Waals surface area contributed by atoms with E-state index in [0.29, 0.717) is 31.6 Å². The lowest BCUT2D eigenvalue weighted by atomic mass is 10.00. The summed E-state index contributed by atoms with van der Waals surface area (Å²) in [7, 11) is -9.90. The van der Waals surface area contributed by atoms with Gasteiger partial charge in [0, 0.05) is 25.7 Å². The molecule has 4 unspecified atom stereocenters. The SMILES string of the molecule is CCC(C)CCCCCCCCC(=O)OC[C@H](COP(=O)(O)OCC(O)COP(=O)(O)OC[C@@H](COC(=O)CCCCCCCCC(C)C)OC(=O)CCCCCCCCCCCCCCCCCC(C)C)OC(=O)CCCCCCCCCCCCCC(C)C. The Labute approximate surface area is 556 Å². The fraction of sp³-hybridized carbons (Fsp3) is 0.944. The summed E-state index contributed by atoms with van der Waals surface area (Å²) in [5, 5.41) is 10.6. The van der Waals surface area contributed by atoms with Crippen LogP contribution in [0.15, 0.2) is 0 Å². The van der Waals surface area contributed by atoms with E-state index in [1.54, 1.807) is 0 Å². The lowest BCUT2D eigenvalue weighted by Gasteiger charge is -2.21. The van der Waals surface area contributed by atoms with Gasteiger partial charge in [-0.05, 0) is 49.4 Å². The van der Waals surface area contributed by atoms with Crippen molar-refractivity contribution >= 4 is 39.5 Å². The molecule has 0 bridgehead atoms. The van der Waals surface area contributed by atoms with Gasteiger partial charge in [-0.15, -0.1) is 0 Å². The summed E-state index contributed by atoms with van der Waals surface area (Å²) in [4.78, 5) is 72.6. The highest BCUT2D eigenvalue weighted by Crippen LogP contribution is 2.45. The first-order valence-corrected chi connectivity index (χ1v) is 40.2. The number of rotatable bonds is 69. The van der Waals surface area contributed by atoms with Crippen LogP contribution in [0.25, 0.3) is 0 Å². The zero-order chi connectivity index (χ0) is 67.5. The van der Waals surface area contributed by atoms with Crippen LogP contribution in [0.3, 0.4) is 0 Å². The molecule has 0 aromatic rings. The van der Waals surface area contributed by atoms with E-state index >= 15 is 0 Å². The Bertz CT molecular complexity index is 1800. The fourth-order valence-corrected chi connectivity index (χ4v) is 12.4. The molecule has 0 saturated heterocycles.